The van der Waals surface area contributed by atoms with Gasteiger partial charge < -0.3 is 0 Å². The van der Waals surface area contributed by atoms with Crippen LogP contribution >= 0.6 is 11.8 Å². The molecule has 1 fully saturated rings. The van der Waals surface area contributed by atoms with Crippen molar-refractivity contribution in [2.75, 3.05) is 5.75 Å². The molecular formula is C11H11NO2S. The van der Waals surface area contributed by atoms with Gasteiger partial charge in [0.2, 0.25) is 5.91 Å². The third kappa shape index (κ3) is 2.21. The number of thioether (sulfide) groups is 1. The summed E-state index contributed by atoms with van der Waals surface area (Å²) in [6, 6.07) is 7.85. The molecule has 0 radical (unpaired) electrons. The zero-order valence-corrected chi connectivity index (χ0v) is 9.21. The highest BCUT2D eigenvalue weighted by Gasteiger charge is 2.29. The molecule has 1 aliphatic heterocycles. The first kappa shape index (κ1) is 10.2. The van der Waals surface area contributed by atoms with E-state index in [0.717, 1.165) is 17.3 Å². The second-order valence-corrected chi connectivity index (χ2v) is 4.45. The van der Waals surface area contributed by atoms with Crippen LogP contribution in [-0.2, 0) is 11.3 Å². The van der Waals surface area contributed by atoms with E-state index in [1.807, 2.05) is 31.2 Å². The number of carbonyl (C=O) groups excluding carboxylic acids is 2. The summed E-state index contributed by atoms with van der Waals surface area (Å²) in [5.41, 5.74) is 2.16. The Hall–Kier alpha value is -1.29. The largest absolute Gasteiger partial charge is 0.289 e. The standard InChI is InChI=1S/C11H11NO2S/c1-8-2-4-9(5-3-8)6-12-10(13)7-15-11(12)14/h2-5H,6-7H2,1H3. The molecule has 3 nitrogen and oxygen atoms in total. The van der Waals surface area contributed by atoms with E-state index in [1.165, 1.54) is 10.5 Å². The predicted octanol–water partition coefficient (Wildman–Crippen LogP) is 2.19. The number of aryl methyl sites for hydroxylation is 1. The van der Waals surface area contributed by atoms with Crippen LogP contribution in [0.15, 0.2) is 24.3 Å². The third-order valence-electron chi connectivity index (χ3n) is 2.30. The Balaban J connectivity index is 2.11. The number of hydrogen-bond donors (Lipinski definition) is 0. The van der Waals surface area contributed by atoms with Gasteiger partial charge in [0.05, 0.1) is 12.3 Å². The smallest absolute Gasteiger partial charge is 0.273 e. The van der Waals surface area contributed by atoms with Gasteiger partial charge >= 0.3 is 0 Å². The fourth-order valence-corrected chi connectivity index (χ4v) is 2.13. The van der Waals surface area contributed by atoms with Crippen LogP contribution in [0.4, 0.5) is 4.79 Å². The SMILES string of the molecule is Cc1ccc(CN2C(=O)CSC2=O)cc1. The van der Waals surface area contributed by atoms with Crippen molar-refractivity contribution in [1.82, 2.24) is 4.90 Å². The van der Waals surface area contributed by atoms with Gasteiger partial charge in [0.25, 0.3) is 5.24 Å². The van der Waals surface area contributed by atoms with Crippen LogP contribution < -0.4 is 0 Å². The zero-order valence-electron chi connectivity index (χ0n) is 8.40. The fraction of sp³-hybridized carbons (Fsp3) is 0.273. The second kappa shape index (κ2) is 4.06. The van der Waals surface area contributed by atoms with Crippen LogP contribution in [0.3, 0.4) is 0 Å². The minimum Gasteiger partial charge on any atom is -0.273 e. The Morgan fingerprint density at radius 1 is 1.27 bits per heavy atom. The van der Waals surface area contributed by atoms with Crippen LogP contribution in [0.5, 0.6) is 0 Å². The highest BCUT2D eigenvalue weighted by atomic mass is 32.2. The lowest BCUT2D eigenvalue weighted by molar-refractivity contribution is -0.125. The van der Waals surface area contributed by atoms with E-state index < -0.39 is 0 Å². The van der Waals surface area contributed by atoms with Gasteiger partial charge in [0.15, 0.2) is 0 Å². The van der Waals surface area contributed by atoms with E-state index >= 15 is 0 Å². The molecule has 0 unspecified atom stereocenters. The lowest BCUT2D eigenvalue weighted by atomic mass is 10.1. The number of benzene rings is 1. The maximum Gasteiger partial charge on any atom is 0.289 e. The minimum atomic E-state index is -0.138. The zero-order chi connectivity index (χ0) is 10.8. The molecule has 0 aromatic heterocycles. The minimum absolute atomic E-state index is 0.0921. The summed E-state index contributed by atoms with van der Waals surface area (Å²) in [5, 5.41) is -0.138. The number of amides is 2. The summed E-state index contributed by atoms with van der Waals surface area (Å²) < 4.78 is 0. The number of carbonyl (C=O) groups is 2. The van der Waals surface area contributed by atoms with E-state index in [2.05, 4.69) is 0 Å². The molecule has 2 amide bonds. The Labute approximate surface area is 92.5 Å². The van der Waals surface area contributed by atoms with Gasteiger partial charge in [-0.2, -0.15) is 0 Å². The van der Waals surface area contributed by atoms with Crippen molar-refractivity contribution in [3.63, 3.8) is 0 Å². The van der Waals surface area contributed by atoms with Crippen molar-refractivity contribution < 1.29 is 9.59 Å². The topological polar surface area (TPSA) is 37.4 Å². The summed E-state index contributed by atoms with van der Waals surface area (Å²) in [4.78, 5) is 24.0. The van der Waals surface area contributed by atoms with E-state index in [0.29, 0.717) is 6.54 Å². The van der Waals surface area contributed by atoms with Gasteiger partial charge in [0.1, 0.15) is 0 Å². The normalized spacial score (nSPS) is 16.2. The third-order valence-corrected chi connectivity index (χ3v) is 3.16. The van der Waals surface area contributed by atoms with Crippen molar-refractivity contribution in [2.45, 2.75) is 13.5 Å². The summed E-state index contributed by atoms with van der Waals surface area (Å²) in [7, 11) is 0. The van der Waals surface area contributed by atoms with Crippen LogP contribution in [0, 0.1) is 6.92 Å². The van der Waals surface area contributed by atoms with E-state index in [9.17, 15) is 9.59 Å². The van der Waals surface area contributed by atoms with Gasteiger partial charge in [-0.15, -0.1) is 0 Å². The molecular weight excluding hydrogens is 210 g/mol. The van der Waals surface area contributed by atoms with Crippen molar-refractivity contribution in [2.24, 2.45) is 0 Å². The maximum absolute atomic E-state index is 11.3. The summed E-state index contributed by atoms with van der Waals surface area (Å²) in [6.45, 7) is 2.40. The van der Waals surface area contributed by atoms with Gasteiger partial charge in [-0.25, -0.2) is 0 Å². The molecule has 0 saturated carbocycles. The molecule has 4 heteroatoms. The molecule has 1 aromatic carbocycles. The highest BCUT2D eigenvalue weighted by Crippen LogP contribution is 2.21. The Morgan fingerprint density at radius 2 is 1.93 bits per heavy atom. The van der Waals surface area contributed by atoms with Crippen LogP contribution in [-0.4, -0.2) is 21.8 Å². The second-order valence-electron chi connectivity index (χ2n) is 3.52. The molecule has 0 aliphatic carbocycles. The van der Waals surface area contributed by atoms with Gasteiger partial charge in [-0.05, 0) is 12.5 Å². The van der Waals surface area contributed by atoms with Crippen molar-refractivity contribution >= 4 is 22.9 Å². The number of rotatable bonds is 2. The molecule has 1 heterocycles. The molecule has 1 aliphatic rings. The van der Waals surface area contributed by atoms with Crippen molar-refractivity contribution in [3.8, 4) is 0 Å². The lowest BCUT2D eigenvalue weighted by Gasteiger charge is -2.12. The maximum atomic E-state index is 11.3. The van der Waals surface area contributed by atoms with Gasteiger partial charge in [0, 0.05) is 0 Å². The number of imide groups is 1. The highest BCUT2D eigenvalue weighted by molar-refractivity contribution is 8.14. The summed E-state index contributed by atoms with van der Waals surface area (Å²) >= 11 is 1.07. The summed E-state index contributed by atoms with van der Waals surface area (Å²) in [6.07, 6.45) is 0. The Morgan fingerprint density at radius 3 is 2.47 bits per heavy atom. The predicted molar refractivity (Wildman–Crippen MR) is 59.6 cm³/mol. The van der Waals surface area contributed by atoms with E-state index in [1.54, 1.807) is 0 Å². The molecule has 15 heavy (non-hydrogen) atoms. The molecule has 78 valence electrons. The number of nitrogens with zero attached hydrogens (tertiary/aromatic N) is 1. The van der Waals surface area contributed by atoms with Crippen LogP contribution in [0.1, 0.15) is 11.1 Å². The Kier molecular flexibility index (Phi) is 2.77. The first-order chi connectivity index (χ1) is 7.16. The monoisotopic (exact) mass is 221 g/mol. The van der Waals surface area contributed by atoms with Crippen LogP contribution in [0.2, 0.25) is 0 Å². The van der Waals surface area contributed by atoms with Gasteiger partial charge in [-0.1, -0.05) is 41.6 Å². The first-order valence-corrected chi connectivity index (χ1v) is 5.68. The molecule has 0 N–H and O–H groups in total. The van der Waals surface area contributed by atoms with Gasteiger partial charge in [-0.3, -0.25) is 14.5 Å². The molecule has 1 aromatic rings. The Bertz CT molecular complexity index is 384. The molecule has 0 atom stereocenters. The molecule has 0 bridgehead atoms. The quantitative estimate of drug-likeness (QED) is 0.768. The van der Waals surface area contributed by atoms with Crippen molar-refractivity contribution in [3.05, 3.63) is 35.4 Å². The summed E-state index contributed by atoms with van der Waals surface area (Å²) in [5.74, 6) is 0.190. The molecule has 1 saturated heterocycles. The lowest BCUT2D eigenvalue weighted by Crippen LogP contribution is -2.27. The van der Waals surface area contributed by atoms with Crippen molar-refractivity contribution in [1.29, 1.82) is 0 Å². The number of hydrogen-bond acceptors (Lipinski definition) is 3. The fourth-order valence-electron chi connectivity index (χ4n) is 1.41. The molecule has 0 spiro atoms. The average molecular weight is 221 g/mol. The van der Waals surface area contributed by atoms with E-state index in [4.69, 9.17) is 0 Å². The van der Waals surface area contributed by atoms with Crippen LogP contribution in [0.25, 0.3) is 0 Å². The first-order valence-electron chi connectivity index (χ1n) is 4.69. The van der Waals surface area contributed by atoms with E-state index in [-0.39, 0.29) is 16.9 Å². The molecule has 2 rings (SSSR count). The average Bonchev–Trinajstić information content (AvgIpc) is 2.53.